The van der Waals surface area contributed by atoms with Crippen LogP contribution in [0.4, 0.5) is 5.82 Å². The molecule has 0 saturated heterocycles. The van der Waals surface area contributed by atoms with Gasteiger partial charge in [0.25, 0.3) is 0 Å². The maximum atomic E-state index is 6.26. The molecule has 0 aliphatic carbocycles. The van der Waals surface area contributed by atoms with E-state index >= 15 is 0 Å². The summed E-state index contributed by atoms with van der Waals surface area (Å²) < 4.78 is 1.06. The molecule has 0 aliphatic rings. The zero-order valence-corrected chi connectivity index (χ0v) is 13.9. The molecule has 0 saturated carbocycles. The molecule has 0 aliphatic heterocycles. The van der Waals surface area contributed by atoms with Crippen molar-refractivity contribution in [3.8, 4) is 0 Å². The molecule has 21 heavy (non-hydrogen) atoms. The first-order valence-corrected chi connectivity index (χ1v) is 8.10. The zero-order chi connectivity index (χ0) is 15.0. The van der Waals surface area contributed by atoms with E-state index in [9.17, 15) is 0 Å². The van der Waals surface area contributed by atoms with Crippen molar-refractivity contribution in [3.63, 3.8) is 0 Å². The third-order valence-corrected chi connectivity index (χ3v) is 4.97. The molecule has 0 fully saturated rings. The number of benzene rings is 1. The van der Waals surface area contributed by atoms with Gasteiger partial charge in [-0.05, 0) is 42.5 Å². The summed E-state index contributed by atoms with van der Waals surface area (Å²) in [6.45, 7) is 4.10. The molecular formula is C15H13Cl2N3S. The number of nitrogens with one attached hydrogen (secondary N) is 1. The van der Waals surface area contributed by atoms with Crippen molar-refractivity contribution < 1.29 is 0 Å². The van der Waals surface area contributed by atoms with E-state index in [2.05, 4.69) is 27.6 Å². The van der Waals surface area contributed by atoms with Crippen molar-refractivity contribution in [2.24, 2.45) is 0 Å². The first-order chi connectivity index (χ1) is 10.1. The Labute approximate surface area is 137 Å². The molecule has 2 heterocycles. The molecule has 3 aromatic rings. The minimum Gasteiger partial charge on any atom is -0.362 e. The molecule has 1 unspecified atom stereocenters. The molecule has 108 valence electrons. The van der Waals surface area contributed by atoms with E-state index in [1.165, 1.54) is 0 Å². The summed E-state index contributed by atoms with van der Waals surface area (Å²) in [4.78, 5) is 8.68. The van der Waals surface area contributed by atoms with E-state index < -0.39 is 0 Å². The third kappa shape index (κ3) is 2.84. The first kappa shape index (κ1) is 14.6. The highest BCUT2D eigenvalue weighted by atomic mass is 35.5. The summed E-state index contributed by atoms with van der Waals surface area (Å²) in [7, 11) is 0. The Morgan fingerprint density at radius 3 is 2.81 bits per heavy atom. The molecule has 0 bridgehead atoms. The van der Waals surface area contributed by atoms with E-state index in [0.29, 0.717) is 10.0 Å². The van der Waals surface area contributed by atoms with Gasteiger partial charge in [-0.2, -0.15) is 0 Å². The van der Waals surface area contributed by atoms with Gasteiger partial charge in [-0.25, -0.2) is 9.97 Å². The summed E-state index contributed by atoms with van der Waals surface area (Å²) >= 11 is 13.8. The maximum Gasteiger partial charge on any atom is 0.147 e. The van der Waals surface area contributed by atoms with Crippen molar-refractivity contribution >= 4 is 50.6 Å². The quantitative estimate of drug-likeness (QED) is 0.687. The van der Waals surface area contributed by atoms with Crippen LogP contribution in [0, 0.1) is 6.92 Å². The van der Waals surface area contributed by atoms with Gasteiger partial charge in [0.05, 0.1) is 16.3 Å². The van der Waals surface area contributed by atoms with Gasteiger partial charge in [-0.15, -0.1) is 11.3 Å². The number of thiophene rings is 1. The molecule has 0 radical (unpaired) electrons. The predicted molar refractivity (Wildman–Crippen MR) is 90.7 cm³/mol. The van der Waals surface area contributed by atoms with E-state index in [-0.39, 0.29) is 6.04 Å². The number of hydrogen-bond acceptors (Lipinski definition) is 4. The number of rotatable bonds is 3. The van der Waals surface area contributed by atoms with Crippen molar-refractivity contribution in [3.05, 3.63) is 51.1 Å². The number of aromatic nitrogens is 2. The fourth-order valence-electron chi connectivity index (χ4n) is 2.21. The van der Waals surface area contributed by atoms with Crippen molar-refractivity contribution in [2.45, 2.75) is 19.9 Å². The van der Waals surface area contributed by atoms with Gasteiger partial charge >= 0.3 is 0 Å². The van der Waals surface area contributed by atoms with E-state index in [1.54, 1.807) is 23.7 Å². The first-order valence-electron chi connectivity index (χ1n) is 6.46. The van der Waals surface area contributed by atoms with Gasteiger partial charge in [-0.1, -0.05) is 29.3 Å². The van der Waals surface area contributed by atoms with Crippen LogP contribution in [-0.4, -0.2) is 9.97 Å². The monoisotopic (exact) mass is 337 g/mol. The Balaban J connectivity index is 1.94. The molecule has 6 heteroatoms. The molecule has 1 N–H and O–H groups in total. The average molecular weight is 338 g/mol. The minimum absolute atomic E-state index is 0.0234. The molecule has 0 amide bonds. The normalized spacial score (nSPS) is 12.6. The number of nitrogens with zero attached hydrogens (tertiary/aromatic N) is 2. The number of fused-ring (bicyclic) bond motifs is 1. The molecule has 3 rings (SSSR count). The van der Waals surface area contributed by atoms with Crippen LogP contribution in [0.3, 0.4) is 0 Å². The Morgan fingerprint density at radius 1 is 1.24 bits per heavy atom. The Kier molecular flexibility index (Phi) is 4.02. The highest BCUT2D eigenvalue weighted by Gasteiger charge is 2.14. The third-order valence-electron chi connectivity index (χ3n) is 3.31. The lowest BCUT2D eigenvalue weighted by Gasteiger charge is -2.16. The van der Waals surface area contributed by atoms with Crippen LogP contribution in [0.2, 0.25) is 10.0 Å². The second-order valence-corrected chi connectivity index (χ2v) is 6.57. The summed E-state index contributed by atoms with van der Waals surface area (Å²) in [5, 5.41) is 6.78. The molecular weight excluding hydrogens is 325 g/mol. The average Bonchev–Trinajstić information content (AvgIpc) is 2.81. The van der Waals surface area contributed by atoms with Gasteiger partial charge in [0.2, 0.25) is 0 Å². The number of anilines is 1. The largest absolute Gasteiger partial charge is 0.362 e. The molecule has 3 nitrogen and oxygen atoms in total. The second kappa shape index (κ2) is 5.79. The van der Waals surface area contributed by atoms with Crippen LogP contribution in [0.5, 0.6) is 0 Å². The topological polar surface area (TPSA) is 37.8 Å². The van der Waals surface area contributed by atoms with Gasteiger partial charge in [0.15, 0.2) is 0 Å². The fraction of sp³-hybridized carbons (Fsp3) is 0.200. The minimum atomic E-state index is 0.0234. The highest BCUT2D eigenvalue weighted by molar-refractivity contribution is 7.18. The molecule has 2 aromatic heterocycles. The summed E-state index contributed by atoms with van der Waals surface area (Å²) in [5.41, 5.74) is 3.14. The van der Waals surface area contributed by atoms with Gasteiger partial charge in [-0.3, -0.25) is 0 Å². The van der Waals surface area contributed by atoms with Gasteiger partial charge in [0, 0.05) is 10.0 Å². The SMILES string of the molecule is Cc1csc2c(NC(C)c3ccc(Cl)cc3Cl)ncnc12. The van der Waals surface area contributed by atoms with E-state index in [1.807, 2.05) is 19.1 Å². The lowest BCUT2D eigenvalue weighted by Crippen LogP contribution is -2.08. The predicted octanol–water partition coefficient (Wildman–Crippen LogP) is 5.48. The summed E-state index contributed by atoms with van der Waals surface area (Å²) in [6.07, 6.45) is 1.58. The number of halogens is 2. The lowest BCUT2D eigenvalue weighted by molar-refractivity contribution is 0.876. The summed E-state index contributed by atoms with van der Waals surface area (Å²) in [5.74, 6) is 0.830. The molecule has 1 aromatic carbocycles. The number of hydrogen-bond donors (Lipinski definition) is 1. The Bertz CT molecular complexity index is 801. The Morgan fingerprint density at radius 2 is 2.05 bits per heavy atom. The van der Waals surface area contributed by atoms with Gasteiger partial charge < -0.3 is 5.32 Å². The fourth-order valence-corrected chi connectivity index (χ4v) is 3.73. The number of aryl methyl sites for hydroxylation is 1. The Hall–Kier alpha value is -1.36. The summed E-state index contributed by atoms with van der Waals surface area (Å²) in [6, 6.07) is 5.54. The van der Waals surface area contributed by atoms with Crippen LogP contribution >= 0.6 is 34.5 Å². The second-order valence-electron chi connectivity index (χ2n) is 4.85. The standard InChI is InChI=1S/C15H13Cl2N3S/c1-8-6-21-14-13(8)18-7-19-15(14)20-9(2)11-4-3-10(16)5-12(11)17/h3-7,9H,1-2H3,(H,18,19,20). The van der Waals surface area contributed by atoms with E-state index in [0.717, 1.165) is 27.2 Å². The van der Waals surface area contributed by atoms with Crippen molar-refractivity contribution in [1.82, 2.24) is 9.97 Å². The van der Waals surface area contributed by atoms with Crippen LogP contribution in [0.15, 0.2) is 29.9 Å². The zero-order valence-electron chi connectivity index (χ0n) is 11.5. The molecule has 1 atom stereocenters. The van der Waals surface area contributed by atoms with Crippen LogP contribution in [0.1, 0.15) is 24.1 Å². The smallest absolute Gasteiger partial charge is 0.147 e. The van der Waals surface area contributed by atoms with Crippen molar-refractivity contribution in [2.75, 3.05) is 5.32 Å². The highest BCUT2D eigenvalue weighted by Crippen LogP contribution is 2.32. The lowest BCUT2D eigenvalue weighted by atomic mass is 10.1. The maximum absolute atomic E-state index is 6.26. The molecule has 0 spiro atoms. The van der Waals surface area contributed by atoms with E-state index in [4.69, 9.17) is 23.2 Å². The van der Waals surface area contributed by atoms with Gasteiger partial charge in [0.1, 0.15) is 12.1 Å². The van der Waals surface area contributed by atoms with Crippen LogP contribution < -0.4 is 5.32 Å². The van der Waals surface area contributed by atoms with Crippen LogP contribution in [-0.2, 0) is 0 Å². The van der Waals surface area contributed by atoms with Crippen molar-refractivity contribution in [1.29, 1.82) is 0 Å². The van der Waals surface area contributed by atoms with Crippen LogP contribution in [0.25, 0.3) is 10.2 Å².